The molecule has 1 amide bonds. The van der Waals surface area contributed by atoms with Crippen molar-refractivity contribution < 1.29 is 9.53 Å². The molecule has 0 radical (unpaired) electrons. The van der Waals surface area contributed by atoms with E-state index in [1.807, 2.05) is 38.1 Å². The fraction of sp³-hybridized carbons (Fsp3) is 0.350. The molecule has 0 heterocycles. The van der Waals surface area contributed by atoms with E-state index in [1.54, 1.807) is 6.92 Å². The van der Waals surface area contributed by atoms with E-state index in [4.69, 9.17) is 4.74 Å². The Morgan fingerprint density at radius 3 is 2.22 bits per heavy atom. The number of carbonyl (C=O) groups excluding carboxylic acids is 1. The van der Waals surface area contributed by atoms with Crippen LogP contribution in [0.2, 0.25) is 0 Å². The van der Waals surface area contributed by atoms with Crippen LogP contribution in [0.15, 0.2) is 48.5 Å². The van der Waals surface area contributed by atoms with Crippen LogP contribution >= 0.6 is 0 Å². The highest BCUT2D eigenvalue weighted by Gasteiger charge is 2.17. The second kappa shape index (κ2) is 7.82. The minimum atomic E-state index is -0.532. The largest absolute Gasteiger partial charge is 0.481 e. The van der Waals surface area contributed by atoms with E-state index in [-0.39, 0.29) is 11.9 Å². The summed E-state index contributed by atoms with van der Waals surface area (Å²) in [5.41, 5.74) is 3.56. The first-order chi connectivity index (χ1) is 11.0. The molecule has 0 aliphatic carbocycles. The van der Waals surface area contributed by atoms with E-state index >= 15 is 0 Å². The van der Waals surface area contributed by atoms with E-state index in [0.717, 1.165) is 12.0 Å². The summed E-state index contributed by atoms with van der Waals surface area (Å²) in [5, 5.41) is 3.00. The Morgan fingerprint density at radius 2 is 1.65 bits per heavy atom. The van der Waals surface area contributed by atoms with Crippen molar-refractivity contribution >= 4 is 5.91 Å². The van der Waals surface area contributed by atoms with Gasteiger partial charge in [0.2, 0.25) is 0 Å². The van der Waals surface area contributed by atoms with Gasteiger partial charge in [-0.3, -0.25) is 4.79 Å². The Balaban J connectivity index is 1.92. The molecule has 1 N–H and O–H groups in total. The van der Waals surface area contributed by atoms with Gasteiger partial charge in [0, 0.05) is 0 Å². The molecule has 2 aromatic rings. The van der Waals surface area contributed by atoms with E-state index < -0.39 is 6.10 Å². The van der Waals surface area contributed by atoms with Gasteiger partial charge < -0.3 is 10.1 Å². The van der Waals surface area contributed by atoms with Gasteiger partial charge in [-0.05, 0) is 50.5 Å². The maximum absolute atomic E-state index is 12.3. The van der Waals surface area contributed by atoms with Crippen molar-refractivity contribution in [2.75, 3.05) is 0 Å². The Morgan fingerprint density at radius 1 is 1.04 bits per heavy atom. The van der Waals surface area contributed by atoms with Gasteiger partial charge in [-0.2, -0.15) is 0 Å². The summed E-state index contributed by atoms with van der Waals surface area (Å²) < 4.78 is 5.69. The predicted molar refractivity (Wildman–Crippen MR) is 93.6 cm³/mol. The first kappa shape index (κ1) is 17.1. The Labute approximate surface area is 138 Å². The van der Waals surface area contributed by atoms with E-state index in [2.05, 4.69) is 36.5 Å². The maximum atomic E-state index is 12.3. The molecule has 0 saturated heterocycles. The Bertz CT molecular complexity index is 632. The topological polar surface area (TPSA) is 38.3 Å². The van der Waals surface area contributed by atoms with Gasteiger partial charge in [0.25, 0.3) is 5.91 Å². The molecule has 2 aromatic carbocycles. The van der Waals surface area contributed by atoms with Crippen molar-refractivity contribution in [1.82, 2.24) is 5.32 Å². The molecule has 0 saturated carbocycles. The van der Waals surface area contributed by atoms with Crippen molar-refractivity contribution in [3.8, 4) is 5.75 Å². The van der Waals surface area contributed by atoms with Crippen LogP contribution in [0.4, 0.5) is 0 Å². The summed E-state index contributed by atoms with van der Waals surface area (Å²) in [6, 6.07) is 16.0. The number of hydrogen-bond acceptors (Lipinski definition) is 2. The molecule has 122 valence electrons. The third kappa shape index (κ3) is 4.85. The molecule has 23 heavy (non-hydrogen) atoms. The van der Waals surface area contributed by atoms with Gasteiger partial charge in [0.05, 0.1) is 6.04 Å². The molecule has 0 aromatic heterocycles. The number of nitrogens with one attached hydrogen (secondary N) is 1. The Hall–Kier alpha value is -2.29. The average molecular weight is 311 g/mol. The van der Waals surface area contributed by atoms with Gasteiger partial charge in [0.1, 0.15) is 5.75 Å². The lowest BCUT2D eigenvalue weighted by Crippen LogP contribution is -2.37. The molecule has 0 fully saturated rings. The summed E-state index contributed by atoms with van der Waals surface area (Å²) >= 11 is 0. The standard InChI is InChI=1S/C20H25NO2/c1-5-17-8-10-18(11-9-17)15(3)21-20(22)16(4)23-19-12-6-14(2)7-13-19/h6-13,15-16H,5H2,1-4H3,(H,21,22)/t15-,16-/m0/s1. The van der Waals surface area contributed by atoms with Crippen LogP contribution in [0.3, 0.4) is 0 Å². The summed E-state index contributed by atoms with van der Waals surface area (Å²) in [6.45, 7) is 7.90. The third-order valence-electron chi connectivity index (χ3n) is 3.95. The molecule has 3 heteroatoms. The number of benzene rings is 2. The molecule has 3 nitrogen and oxygen atoms in total. The maximum Gasteiger partial charge on any atom is 0.261 e. The summed E-state index contributed by atoms with van der Waals surface area (Å²) in [4.78, 5) is 12.3. The zero-order valence-electron chi connectivity index (χ0n) is 14.3. The second-order valence-corrected chi connectivity index (χ2v) is 5.90. The molecule has 0 bridgehead atoms. The lowest BCUT2D eigenvalue weighted by atomic mass is 10.0. The van der Waals surface area contributed by atoms with Crippen molar-refractivity contribution in [1.29, 1.82) is 0 Å². The number of carbonyl (C=O) groups is 1. The minimum Gasteiger partial charge on any atom is -0.481 e. The molecular formula is C20H25NO2. The highest BCUT2D eigenvalue weighted by Crippen LogP contribution is 2.16. The lowest BCUT2D eigenvalue weighted by Gasteiger charge is -2.19. The van der Waals surface area contributed by atoms with Crippen molar-refractivity contribution in [3.63, 3.8) is 0 Å². The summed E-state index contributed by atoms with van der Waals surface area (Å²) in [5.74, 6) is 0.593. The van der Waals surface area contributed by atoms with E-state index in [1.165, 1.54) is 11.1 Å². The third-order valence-corrected chi connectivity index (χ3v) is 3.95. The first-order valence-electron chi connectivity index (χ1n) is 8.12. The highest BCUT2D eigenvalue weighted by atomic mass is 16.5. The number of hydrogen-bond donors (Lipinski definition) is 1. The minimum absolute atomic E-state index is 0.0440. The van der Waals surface area contributed by atoms with Crippen LogP contribution in [0.5, 0.6) is 5.75 Å². The van der Waals surface area contributed by atoms with Crippen LogP contribution in [0.25, 0.3) is 0 Å². The van der Waals surface area contributed by atoms with Gasteiger partial charge in [-0.1, -0.05) is 48.9 Å². The molecule has 2 rings (SSSR count). The van der Waals surface area contributed by atoms with Gasteiger partial charge >= 0.3 is 0 Å². The van der Waals surface area contributed by atoms with Crippen LogP contribution in [-0.4, -0.2) is 12.0 Å². The van der Waals surface area contributed by atoms with Crippen LogP contribution in [-0.2, 0) is 11.2 Å². The van der Waals surface area contributed by atoms with Crippen molar-refractivity contribution in [2.45, 2.75) is 46.3 Å². The van der Waals surface area contributed by atoms with Gasteiger partial charge in [-0.15, -0.1) is 0 Å². The smallest absolute Gasteiger partial charge is 0.261 e. The Kier molecular flexibility index (Phi) is 5.80. The molecule has 0 aliphatic rings. The van der Waals surface area contributed by atoms with Crippen LogP contribution < -0.4 is 10.1 Å². The molecule has 0 unspecified atom stereocenters. The highest BCUT2D eigenvalue weighted by molar-refractivity contribution is 5.81. The zero-order valence-corrected chi connectivity index (χ0v) is 14.3. The molecular weight excluding hydrogens is 286 g/mol. The molecule has 0 aliphatic heterocycles. The first-order valence-corrected chi connectivity index (χ1v) is 8.12. The van der Waals surface area contributed by atoms with E-state index in [0.29, 0.717) is 5.75 Å². The van der Waals surface area contributed by atoms with Crippen LogP contribution in [0.1, 0.15) is 43.5 Å². The lowest BCUT2D eigenvalue weighted by molar-refractivity contribution is -0.127. The predicted octanol–water partition coefficient (Wildman–Crippen LogP) is 4.20. The zero-order chi connectivity index (χ0) is 16.8. The number of rotatable bonds is 6. The summed E-state index contributed by atoms with van der Waals surface area (Å²) in [6.07, 6.45) is 0.484. The summed E-state index contributed by atoms with van der Waals surface area (Å²) in [7, 11) is 0. The van der Waals surface area contributed by atoms with Gasteiger partial charge in [-0.25, -0.2) is 0 Å². The van der Waals surface area contributed by atoms with Crippen molar-refractivity contribution in [2.24, 2.45) is 0 Å². The number of amides is 1. The molecule has 0 spiro atoms. The second-order valence-electron chi connectivity index (χ2n) is 5.90. The number of aryl methyl sites for hydroxylation is 2. The fourth-order valence-corrected chi connectivity index (χ4v) is 2.33. The van der Waals surface area contributed by atoms with Crippen molar-refractivity contribution in [3.05, 3.63) is 65.2 Å². The molecule has 2 atom stereocenters. The number of ether oxygens (including phenoxy) is 1. The van der Waals surface area contributed by atoms with Crippen LogP contribution in [0, 0.1) is 6.92 Å². The van der Waals surface area contributed by atoms with Gasteiger partial charge in [0.15, 0.2) is 6.10 Å². The fourth-order valence-electron chi connectivity index (χ4n) is 2.33. The quantitative estimate of drug-likeness (QED) is 0.868. The monoisotopic (exact) mass is 311 g/mol. The normalized spacial score (nSPS) is 13.2. The SMILES string of the molecule is CCc1ccc([C@H](C)NC(=O)[C@H](C)Oc2ccc(C)cc2)cc1. The average Bonchev–Trinajstić information content (AvgIpc) is 2.56. The van der Waals surface area contributed by atoms with E-state index in [9.17, 15) is 4.79 Å².